The number of rotatable bonds is 6. The minimum absolute atomic E-state index is 0.0472. The molecule has 3 aromatic carbocycles. The van der Waals surface area contributed by atoms with E-state index in [4.69, 9.17) is 16.3 Å². The van der Waals surface area contributed by atoms with Crippen LogP contribution in [0.1, 0.15) is 26.3 Å². The maximum absolute atomic E-state index is 12.2. The van der Waals surface area contributed by atoms with Crippen LogP contribution < -0.4 is 10.1 Å². The third kappa shape index (κ3) is 4.96. The number of Topliss-reactive ketones (excluding diaryl/α,β-unsaturated/α-hetero) is 1. The fourth-order valence-electron chi connectivity index (χ4n) is 2.45. The lowest BCUT2D eigenvalue weighted by atomic mass is 10.1. The molecule has 0 aromatic heterocycles. The Hall–Kier alpha value is -3.11. The number of ketones is 1. The molecule has 4 nitrogen and oxygen atoms in total. The number of carbonyl (C=O) groups excluding carboxylic acids is 2. The predicted molar refractivity (Wildman–Crippen MR) is 107 cm³/mol. The van der Waals surface area contributed by atoms with Crippen molar-refractivity contribution in [3.63, 3.8) is 0 Å². The van der Waals surface area contributed by atoms with Crippen LogP contribution in [0.3, 0.4) is 0 Å². The van der Waals surface area contributed by atoms with Gasteiger partial charge in [-0.05, 0) is 43.3 Å². The van der Waals surface area contributed by atoms with Gasteiger partial charge in [-0.25, -0.2) is 0 Å². The summed E-state index contributed by atoms with van der Waals surface area (Å²) in [4.78, 5) is 24.4. The average Bonchev–Trinajstić information content (AvgIpc) is 2.68. The monoisotopic (exact) mass is 379 g/mol. The highest BCUT2D eigenvalue weighted by atomic mass is 35.5. The predicted octanol–water partition coefficient (Wildman–Crippen LogP) is 5.16. The Morgan fingerprint density at radius 1 is 0.926 bits per heavy atom. The lowest BCUT2D eigenvalue weighted by molar-refractivity contribution is 0.0921. The first-order chi connectivity index (χ1) is 13.0. The lowest BCUT2D eigenvalue weighted by Crippen LogP contribution is -2.13. The molecule has 1 N–H and O–H groups in total. The molecule has 0 fully saturated rings. The van der Waals surface area contributed by atoms with E-state index in [2.05, 4.69) is 5.32 Å². The third-order valence-corrected chi connectivity index (χ3v) is 4.30. The van der Waals surface area contributed by atoms with E-state index in [9.17, 15) is 9.59 Å². The van der Waals surface area contributed by atoms with Crippen molar-refractivity contribution in [1.29, 1.82) is 0 Å². The molecule has 0 atom stereocenters. The van der Waals surface area contributed by atoms with Crippen LogP contribution in [0.5, 0.6) is 5.75 Å². The summed E-state index contributed by atoms with van der Waals surface area (Å²) in [7, 11) is 0. The van der Waals surface area contributed by atoms with E-state index in [-0.39, 0.29) is 18.3 Å². The maximum atomic E-state index is 12.2. The zero-order chi connectivity index (χ0) is 19.2. The van der Waals surface area contributed by atoms with Gasteiger partial charge in [0.1, 0.15) is 5.75 Å². The van der Waals surface area contributed by atoms with Gasteiger partial charge in [0.2, 0.25) is 0 Å². The van der Waals surface area contributed by atoms with Crippen LogP contribution in [-0.4, -0.2) is 18.3 Å². The molecule has 0 unspecified atom stereocenters. The van der Waals surface area contributed by atoms with Gasteiger partial charge in [0.15, 0.2) is 12.4 Å². The quantitative estimate of drug-likeness (QED) is 0.601. The SMILES string of the molecule is Cc1ccc(C(=O)COc2ccc(NC(=O)c3ccccc3Cl)cc2)cc1. The van der Waals surface area contributed by atoms with Crippen molar-refractivity contribution < 1.29 is 14.3 Å². The molecule has 0 saturated carbocycles. The van der Waals surface area contributed by atoms with E-state index in [1.165, 1.54) is 0 Å². The van der Waals surface area contributed by atoms with Gasteiger partial charge < -0.3 is 10.1 Å². The van der Waals surface area contributed by atoms with E-state index in [0.717, 1.165) is 5.56 Å². The van der Waals surface area contributed by atoms with Crippen LogP contribution in [0, 0.1) is 6.92 Å². The summed E-state index contributed by atoms with van der Waals surface area (Å²) in [6.07, 6.45) is 0. The van der Waals surface area contributed by atoms with E-state index in [0.29, 0.717) is 27.6 Å². The van der Waals surface area contributed by atoms with E-state index in [1.807, 2.05) is 19.1 Å². The van der Waals surface area contributed by atoms with Crippen LogP contribution >= 0.6 is 11.6 Å². The normalized spacial score (nSPS) is 10.3. The third-order valence-electron chi connectivity index (χ3n) is 3.97. The molecule has 3 rings (SSSR count). The largest absolute Gasteiger partial charge is 0.485 e. The van der Waals surface area contributed by atoms with Crippen LogP contribution in [0.2, 0.25) is 5.02 Å². The number of hydrogen-bond donors (Lipinski definition) is 1. The first-order valence-corrected chi connectivity index (χ1v) is 8.79. The number of halogens is 1. The van der Waals surface area contributed by atoms with Crippen molar-refractivity contribution in [3.8, 4) is 5.75 Å². The van der Waals surface area contributed by atoms with Crippen LogP contribution in [-0.2, 0) is 0 Å². The van der Waals surface area contributed by atoms with Gasteiger partial charge >= 0.3 is 0 Å². The van der Waals surface area contributed by atoms with Crippen molar-refractivity contribution in [2.24, 2.45) is 0 Å². The molecule has 0 radical (unpaired) electrons. The fourth-order valence-corrected chi connectivity index (χ4v) is 2.67. The Labute approximate surface area is 162 Å². The number of aryl methyl sites for hydroxylation is 1. The van der Waals surface area contributed by atoms with Gasteiger partial charge in [-0.1, -0.05) is 53.6 Å². The zero-order valence-corrected chi connectivity index (χ0v) is 15.5. The van der Waals surface area contributed by atoms with E-state index in [1.54, 1.807) is 60.7 Å². The number of benzene rings is 3. The van der Waals surface area contributed by atoms with E-state index >= 15 is 0 Å². The highest BCUT2D eigenvalue weighted by Gasteiger charge is 2.10. The Bertz CT molecular complexity index is 950. The zero-order valence-electron chi connectivity index (χ0n) is 14.7. The first kappa shape index (κ1) is 18.7. The van der Waals surface area contributed by atoms with Crippen LogP contribution in [0.4, 0.5) is 5.69 Å². The van der Waals surface area contributed by atoms with Crippen LogP contribution in [0.15, 0.2) is 72.8 Å². The van der Waals surface area contributed by atoms with E-state index < -0.39 is 0 Å². The second-order valence-corrected chi connectivity index (χ2v) is 6.44. The molecule has 0 aliphatic heterocycles. The average molecular weight is 380 g/mol. The number of hydrogen-bond acceptors (Lipinski definition) is 3. The fraction of sp³-hybridized carbons (Fsp3) is 0.0909. The van der Waals surface area contributed by atoms with Crippen molar-refractivity contribution in [2.75, 3.05) is 11.9 Å². The Balaban J connectivity index is 1.57. The number of nitrogens with one attached hydrogen (secondary N) is 1. The topological polar surface area (TPSA) is 55.4 Å². The van der Waals surface area contributed by atoms with Gasteiger partial charge in [0, 0.05) is 11.3 Å². The minimum atomic E-state index is -0.288. The minimum Gasteiger partial charge on any atom is -0.485 e. The first-order valence-electron chi connectivity index (χ1n) is 8.41. The van der Waals surface area contributed by atoms with Gasteiger partial charge in [-0.15, -0.1) is 0 Å². The molecule has 3 aromatic rings. The van der Waals surface area contributed by atoms with Crippen molar-refractivity contribution in [1.82, 2.24) is 0 Å². The molecule has 1 amide bonds. The molecule has 0 aliphatic carbocycles. The molecular weight excluding hydrogens is 362 g/mol. The highest BCUT2D eigenvalue weighted by molar-refractivity contribution is 6.34. The molecule has 5 heteroatoms. The molecule has 0 aliphatic rings. The van der Waals surface area contributed by atoms with Gasteiger partial charge in [0.05, 0.1) is 10.6 Å². The second-order valence-electron chi connectivity index (χ2n) is 6.04. The Morgan fingerprint density at radius 2 is 1.59 bits per heavy atom. The summed E-state index contributed by atoms with van der Waals surface area (Å²) in [6.45, 7) is 1.92. The number of ether oxygens (including phenoxy) is 1. The molecule has 27 heavy (non-hydrogen) atoms. The molecular formula is C22H18ClNO3. The summed E-state index contributed by atoms with van der Waals surface area (Å²) >= 11 is 6.03. The molecule has 0 heterocycles. The smallest absolute Gasteiger partial charge is 0.257 e. The number of anilines is 1. The summed E-state index contributed by atoms with van der Waals surface area (Å²) in [5.41, 5.74) is 2.73. The van der Waals surface area contributed by atoms with Crippen LogP contribution in [0.25, 0.3) is 0 Å². The molecule has 0 bridgehead atoms. The van der Waals surface area contributed by atoms with Gasteiger partial charge in [0.25, 0.3) is 5.91 Å². The number of amides is 1. The summed E-state index contributed by atoms with van der Waals surface area (Å²) in [5.74, 6) is 0.168. The Morgan fingerprint density at radius 3 is 2.26 bits per heavy atom. The Kier molecular flexibility index (Phi) is 5.89. The number of carbonyl (C=O) groups is 2. The summed E-state index contributed by atoms with van der Waals surface area (Å²) < 4.78 is 5.53. The van der Waals surface area contributed by atoms with Gasteiger partial charge in [-0.3, -0.25) is 9.59 Å². The second kappa shape index (κ2) is 8.52. The maximum Gasteiger partial charge on any atom is 0.257 e. The van der Waals surface area contributed by atoms with Crippen molar-refractivity contribution in [2.45, 2.75) is 6.92 Å². The molecule has 136 valence electrons. The van der Waals surface area contributed by atoms with Gasteiger partial charge in [-0.2, -0.15) is 0 Å². The summed E-state index contributed by atoms with van der Waals surface area (Å²) in [5, 5.41) is 3.17. The molecule has 0 spiro atoms. The highest BCUT2D eigenvalue weighted by Crippen LogP contribution is 2.19. The molecule has 0 saturated heterocycles. The van der Waals surface area contributed by atoms with Crippen molar-refractivity contribution in [3.05, 3.63) is 94.5 Å². The summed E-state index contributed by atoms with van der Waals surface area (Å²) in [6, 6.07) is 21.0. The van der Waals surface area contributed by atoms with Crippen molar-refractivity contribution >= 4 is 29.0 Å². The standard InChI is InChI=1S/C22H18ClNO3/c1-15-6-8-16(9-7-15)21(25)14-27-18-12-10-17(11-13-18)24-22(26)19-4-2-3-5-20(19)23/h2-13H,14H2,1H3,(H,24,26). The lowest BCUT2D eigenvalue weighted by Gasteiger charge is -2.09.